The second-order valence-electron chi connectivity index (χ2n) is 5.83. The molecule has 1 saturated heterocycles. The number of hydrogen-bond acceptors (Lipinski definition) is 2. The molecule has 3 unspecified atom stereocenters. The van der Waals surface area contributed by atoms with Gasteiger partial charge in [-0.15, -0.1) is 0 Å². The SMILES string of the molecule is CCN(CC1CC2CCC1C2)C1CNC1. The Morgan fingerprint density at radius 1 is 1.20 bits per heavy atom. The Labute approximate surface area is 93.4 Å². The zero-order chi connectivity index (χ0) is 10.3. The fourth-order valence-corrected chi connectivity index (χ4v) is 3.97. The van der Waals surface area contributed by atoms with E-state index in [2.05, 4.69) is 17.1 Å². The smallest absolute Gasteiger partial charge is 0.0345 e. The lowest BCUT2D eigenvalue weighted by atomic mass is 9.88. The van der Waals surface area contributed by atoms with Crippen molar-refractivity contribution < 1.29 is 0 Å². The molecule has 2 heteroatoms. The van der Waals surface area contributed by atoms with Crippen LogP contribution in [0.4, 0.5) is 0 Å². The van der Waals surface area contributed by atoms with Gasteiger partial charge in [0.1, 0.15) is 0 Å². The van der Waals surface area contributed by atoms with Crippen molar-refractivity contribution >= 4 is 0 Å². The molecule has 3 fully saturated rings. The maximum atomic E-state index is 3.39. The topological polar surface area (TPSA) is 15.3 Å². The lowest BCUT2D eigenvalue weighted by molar-refractivity contribution is 0.113. The molecule has 0 spiro atoms. The standard InChI is InChI=1S/C13H24N2/c1-2-15(13-7-14-8-13)9-12-6-10-3-4-11(12)5-10/h10-14H,2-9H2,1H3. The third-order valence-electron chi connectivity index (χ3n) is 5.04. The summed E-state index contributed by atoms with van der Waals surface area (Å²) in [4.78, 5) is 2.72. The van der Waals surface area contributed by atoms with Crippen LogP contribution in [-0.4, -0.2) is 37.1 Å². The Bertz CT molecular complexity index is 225. The predicted molar refractivity (Wildman–Crippen MR) is 62.8 cm³/mol. The van der Waals surface area contributed by atoms with Gasteiger partial charge in [-0.2, -0.15) is 0 Å². The Morgan fingerprint density at radius 3 is 2.53 bits per heavy atom. The van der Waals surface area contributed by atoms with Crippen LogP contribution in [0.15, 0.2) is 0 Å². The minimum Gasteiger partial charge on any atom is -0.314 e. The molecule has 2 saturated carbocycles. The van der Waals surface area contributed by atoms with Gasteiger partial charge in [-0.1, -0.05) is 13.3 Å². The van der Waals surface area contributed by atoms with Gasteiger partial charge in [-0.05, 0) is 43.6 Å². The summed E-state index contributed by atoms with van der Waals surface area (Å²) >= 11 is 0. The van der Waals surface area contributed by atoms with Crippen molar-refractivity contribution in [2.45, 2.75) is 38.6 Å². The molecule has 2 bridgehead atoms. The molecule has 2 nitrogen and oxygen atoms in total. The molecular weight excluding hydrogens is 184 g/mol. The summed E-state index contributed by atoms with van der Waals surface area (Å²) in [5, 5.41) is 3.39. The highest BCUT2D eigenvalue weighted by Crippen LogP contribution is 2.48. The summed E-state index contributed by atoms with van der Waals surface area (Å²) < 4.78 is 0. The molecule has 86 valence electrons. The number of fused-ring (bicyclic) bond motifs is 2. The van der Waals surface area contributed by atoms with E-state index in [4.69, 9.17) is 0 Å². The summed E-state index contributed by atoms with van der Waals surface area (Å²) in [5.74, 6) is 3.25. The lowest BCUT2D eigenvalue weighted by Crippen LogP contribution is -2.58. The molecule has 15 heavy (non-hydrogen) atoms. The second kappa shape index (κ2) is 4.06. The van der Waals surface area contributed by atoms with Crippen molar-refractivity contribution in [3.05, 3.63) is 0 Å². The highest BCUT2D eigenvalue weighted by atomic mass is 15.2. The van der Waals surface area contributed by atoms with Gasteiger partial charge in [-0.3, -0.25) is 4.90 Å². The summed E-state index contributed by atoms with van der Waals surface area (Å²) in [5.41, 5.74) is 0. The molecule has 3 aliphatic rings. The van der Waals surface area contributed by atoms with Crippen LogP contribution < -0.4 is 5.32 Å². The summed E-state index contributed by atoms with van der Waals surface area (Å²) in [7, 11) is 0. The van der Waals surface area contributed by atoms with Gasteiger partial charge in [0, 0.05) is 25.7 Å². The van der Waals surface area contributed by atoms with Crippen molar-refractivity contribution in [1.82, 2.24) is 10.2 Å². The number of rotatable bonds is 4. The quantitative estimate of drug-likeness (QED) is 0.757. The van der Waals surface area contributed by atoms with Crippen LogP contribution in [0, 0.1) is 17.8 Å². The van der Waals surface area contributed by atoms with E-state index < -0.39 is 0 Å². The van der Waals surface area contributed by atoms with Gasteiger partial charge in [0.25, 0.3) is 0 Å². The van der Waals surface area contributed by atoms with Gasteiger partial charge in [-0.25, -0.2) is 0 Å². The molecule has 0 radical (unpaired) electrons. The average molecular weight is 208 g/mol. The molecule has 0 amide bonds. The van der Waals surface area contributed by atoms with E-state index in [0.29, 0.717) is 0 Å². The normalized spacial score (nSPS) is 40.0. The molecule has 2 aliphatic carbocycles. The van der Waals surface area contributed by atoms with Crippen LogP contribution in [-0.2, 0) is 0 Å². The first kappa shape index (κ1) is 10.1. The molecule has 0 aromatic carbocycles. The molecule has 1 N–H and O–H groups in total. The largest absolute Gasteiger partial charge is 0.314 e. The van der Waals surface area contributed by atoms with Crippen molar-refractivity contribution in [1.29, 1.82) is 0 Å². The zero-order valence-electron chi connectivity index (χ0n) is 9.91. The summed E-state index contributed by atoms with van der Waals surface area (Å²) in [6.07, 6.45) is 6.18. The van der Waals surface area contributed by atoms with Crippen LogP contribution in [0.1, 0.15) is 32.6 Å². The molecule has 3 atom stereocenters. The Hall–Kier alpha value is -0.0800. The maximum absolute atomic E-state index is 3.39. The Kier molecular flexibility index (Phi) is 2.73. The summed E-state index contributed by atoms with van der Waals surface area (Å²) in [6, 6.07) is 0.856. The van der Waals surface area contributed by atoms with Gasteiger partial charge in [0.05, 0.1) is 0 Å². The van der Waals surface area contributed by atoms with E-state index in [-0.39, 0.29) is 0 Å². The van der Waals surface area contributed by atoms with Gasteiger partial charge in [0.15, 0.2) is 0 Å². The first-order valence-electron chi connectivity index (χ1n) is 6.81. The van der Waals surface area contributed by atoms with Crippen molar-refractivity contribution in [3.8, 4) is 0 Å². The van der Waals surface area contributed by atoms with Crippen LogP contribution >= 0.6 is 0 Å². The van der Waals surface area contributed by atoms with Crippen molar-refractivity contribution in [2.75, 3.05) is 26.2 Å². The molecule has 1 heterocycles. The second-order valence-corrected chi connectivity index (χ2v) is 5.83. The van der Waals surface area contributed by atoms with Gasteiger partial charge in [0.2, 0.25) is 0 Å². The van der Waals surface area contributed by atoms with Crippen molar-refractivity contribution in [2.24, 2.45) is 17.8 Å². The fourth-order valence-electron chi connectivity index (χ4n) is 3.97. The highest BCUT2D eigenvalue weighted by molar-refractivity contribution is 4.93. The van der Waals surface area contributed by atoms with Crippen LogP contribution in [0.3, 0.4) is 0 Å². The zero-order valence-corrected chi connectivity index (χ0v) is 9.91. The third-order valence-corrected chi connectivity index (χ3v) is 5.04. The number of likely N-dealkylation sites (N-methyl/N-ethyl adjacent to an activating group) is 1. The van der Waals surface area contributed by atoms with E-state index in [1.807, 2.05) is 0 Å². The van der Waals surface area contributed by atoms with Crippen molar-refractivity contribution in [3.63, 3.8) is 0 Å². The highest BCUT2D eigenvalue weighted by Gasteiger charge is 2.40. The molecule has 0 aromatic rings. The van der Waals surface area contributed by atoms with E-state index in [9.17, 15) is 0 Å². The number of nitrogens with zero attached hydrogens (tertiary/aromatic N) is 1. The molecule has 0 aromatic heterocycles. The predicted octanol–water partition coefficient (Wildman–Crippen LogP) is 1.72. The molecule has 3 rings (SSSR count). The van der Waals surface area contributed by atoms with E-state index in [1.54, 1.807) is 12.8 Å². The first-order valence-corrected chi connectivity index (χ1v) is 6.81. The average Bonchev–Trinajstić information content (AvgIpc) is 2.75. The van der Waals surface area contributed by atoms with E-state index >= 15 is 0 Å². The van der Waals surface area contributed by atoms with E-state index in [1.165, 1.54) is 39.0 Å². The van der Waals surface area contributed by atoms with Gasteiger partial charge < -0.3 is 5.32 Å². The summed E-state index contributed by atoms with van der Waals surface area (Å²) in [6.45, 7) is 7.43. The first-order chi connectivity index (χ1) is 7.36. The molecular formula is C13H24N2. The van der Waals surface area contributed by atoms with E-state index in [0.717, 1.165) is 23.8 Å². The lowest BCUT2D eigenvalue weighted by Gasteiger charge is -2.40. The Balaban J connectivity index is 1.54. The minimum absolute atomic E-state index is 0.856. The maximum Gasteiger partial charge on any atom is 0.0345 e. The van der Waals surface area contributed by atoms with Crippen LogP contribution in [0.2, 0.25) is 0 Å². The fraction of sp³-hybridized carbons (Fsp3) is 1.00. The van der Waals surface area contributed by atoms with Crippen LogP contribution in [0.5, 0.6) is 0 Å². The monoisotopic (exact) mass is 208 g/mol. The minimum atomic E-state index is 0.856. The number of hydrogen-bond donors (Lipinski definition) is 1. The van der Waals surface area contributed by atoms with Crippen LogP contribution in [0.25, 0.3) is 0 Å². The Morgan fingerprint density at radius 2 is 2.07 bits per heavy atom. The number of nitrogens with one attached hydrogen (secondary N) is 1. The van der Waals surface area contributed by atoms with Gasteiger partial charge >= 0.3 is 0 Å². The third kappa shape index (κ3) is 1.83. The molecule has 1 aliphatic heterocycles.